The first-order valence-corrected chi connectivity index (χ1v) is 10.2. The Morgan fingerprint density at radius 3 is 3.00 bits per heavy atom. The molecule has 1 aromatic heterocycles. The van der Waals surface area contributed by atoms with E-state index in [4.69, 9.17) is 11.6 Å². The molecule has 0 saturated carbocycles. The molecule has 5 nitrogen and oxygen atoms in total. The maximum Gasteiger partial charge on any atom is 0.230 e. The first-order chi connectivity index (χ1) is 12.5. The van der Waals surface area contributed by atoms with Gasteiger partial charge in [-0.3, -0.25) is 4.79 Å². The number of nitrogens with zero attached hydrogens (tertiary/aromatic N) is 3. The number of amides is 1. The van der Waals surface area contributed by atoms with Gasteiger partial charge in [0.25, 0.3) is 0 Å². The lowest BCUT2D eigenvalue weighted by Crippen LogP contribution is -2.43. The summed E-state index contributed by atoms with van der Waals surface area (Å²) in [6.45, 7) is 3.92. The third-order valence-electron chi connectivity index (χ3n) is 4.62. The molecule has 1 aliphatic heterocycles. The molecule has 140 valence electrons. The summed E-state index contributed by atoms with van der Waals surface area (Å²) in [5.41, 5.74) is 1.69. The fourth-order valence-corrected chi connectivity index (χ4v) is 4.09. The summed E-state index contributed by atoms with van der Waals surface area (Å²) in [4.78, 5) is 21.7. The molecule has 1 saturated heterocycles. The van der Waals surface area contributed by atoms with Crippen LogP contribution < -0.4 is 5.32 Å². The van der Waals surface area contributed by atoms with Gasteiger partial charge in [-0.05, 0) is 39.5 Å². The number of benzene rings is 1. The lowest BCUT2D eigenvalue weighted by atomic mass is 9.97. The van der Waals surface area contributed by atoms with E-state index >= 15 is 0 Å². The lowest BCUT2D eigenvalue weighted by molar-refractivity contribution is -0.121. The standard InChI is InChI=1S/C19H25ClN4OS/c1-23(2)10-11-24-9-5-6-14(12-24)18(25)22-19-21-17(13-26-19)15-7-3-4-8-16(15)20/h3-4,7-8,13-14H,5-6,9-12H2,1-2H3,(H,21,22,25). The molecule has 1 fully saturated rings. The average molecular weight is 393 g/mol. The fraction of sp³-hybridized carbons (Fsp3) is 0.474. The van der Waals surface area contributed by atoms with E-state index in [9.17, 15) is 4.79 Å². The minimum absolute atomic E-state index is 0.0265. The summed E-state index contributed by atoms with van der Waals surface area (Å²) in [6, 6.07) is 7.61. The van der Waals surface area contributed by atoms with Crippen LogP contribution in [0.15, 0.2) is 29.6 Å². The molecule has 0 spiro atoms. The predicted octanol–water partition coefficient (Wildman–Crippen LogP) is 3.68. The topological polar surface area (TPSA) is 48.5 Å². The minimum Gasteiger partial charge on any atom is -0.308 e. The highest BCUT2D eigenvalue weighted by molar-refractivity contribution is 7.14. The highest BCUT2D eigenvalue weighted by atomic mass is 35.5. The number of carbonyl (C=O) groups excluding carboxylic acids is 1. The van der Waals surface area contributed by atoms with Crippen molar-refractivity contribution in [3.05, 3.63) is 34.7 Å². The molecule has 1 aliphatic rings. The molecular weight excluding hydrogens is 368 g/mol. The number of likely N-dealkylation sites (N-methyl/N-ethyl adjacent to an activating group) is 1. The van der Waals surface area contributed by atoms with E-state index in [1.54, 1.807) is 0 Å². The van der Waals surface area contributed by atoms with Crippen LogP contribution in [0.2, 0.25) is 5.02 Å². The molecule has 7 heteroatoms. The average Bonchev–Trinajstić information content (AvgIpc) is 3.09. The van der Waals surface area contributed by atoms with Gasteiger partial charge in [-0.25, -0.2) is 4.98 Å². The van der Waals surface area contributed by atoms with E-state index in [1.165, 1.54) is 11.3 Å². The molecule has 1 atom stereocenters. The Labute approximate surface area is 164 Å². The first kappa shape index (κ1) is 19.3. The van der Waals surface area contributed by atoms with Gasteiger partial charge in [0, 0.05) is 35.6 Å². The van der Waals surface area contributed by atoms with Gasteiger partial charge < -0.3 is 15.1 Å². The zero-order chi connectivity index (χ0) is 18.5. The summed E-state index contributed by atoms with van der Waals surface area (Å²) < 4.78 is 0. The van der Waals surface area contributed by atoms with Gasteiger partial charge in [0.1, 0.15) is 0 Å². The molecule has 1 unspecified atom stereocenters. The number of aromatic nitrogens is 1. The van der Waals surface area contributed by atoms with E-state index < -0.39 is 0 Å². The minimum atomic E-state index is 0.0265. The summed E-state index contributed by atoms with van der Waals surface area (Å²) >= 11 is 7.67. The summed E-state index contributed by atoms with van der Waals surface area (Å²) in [5.74, 6) is 0.0955. The third-order valence-corrected chi connectivity index (χ3v) is 5.71. The maximum atomic E-state index is 12.7. The molecule has 3 rings (SSSR count). The number of anilines is 1. The quantitative estimate of drug-likeness (QED) is 0.814. The van der Waals surface area contributed by atoms with E-state index in [2.05, 4.69) is 34.2 Å². The number of piperidine rings is 1. The molecular formula is C19H25ClN4OS. The van der Waals surface area contributed by atoms with Crippen LogP contribution in [-0.2, 0) is 4.79 Å². The number of rotatable bonds is 6. The molecule has 0 aliphatic carbocycles. The molecule has 2 aromatic rings. The third kappa shape index (κ3) is 5.04. The number of hydrogen-bond donors (Lipinski definition) is 1. The second-order valence-corrected chi connectivity index (χ2v) is 8.22. The zero-order valence-electron chi connectivity index (χ0n) is 15.2. The highest BCUT2D eigenvalue weighted by Gasteiger charge is 2.26. The van der Waals surface area contributed by atoms with Gasteiger partial charge in [-0.2, -0.15) is 0 Å². The van der Waals surface area contributed by atoms with Crippen LogP contribution in [0.25, 0.3) is 11.3 Å². The van der Waals surface area contributed by atoms with Crippen molar-refractivity contribution in [2.24, 2.45) is 5.92 Å². The van der Waals surface area contributed by atoms with E-state index in [-0.39, 0.29) is 11.8 Å². The van der Waals surface area contributed by atoms with Crippen LogP contribution in [0, 0.1) is 5.92 Å². The number of carbonyl (C=O) groups is 1. The Kier molecular flexibility index (Phi) is 6.64. The second kappa shape index (κ2) is 8.95. The van der Waals surface area contributed by atoms with Crippen LogP contribution in [0.1, 0.15) is 12.8 Å². The van der Waals surface area contributed by atoms with Crippen LogP contribution in [0.3, 0.4) is 0 Å². The monoisotopic (exact) mass is 392 g/mol. The second-order valence-electron chi connectivity index (χ2n) is 6.95. The first-order valence-electron chi connectivity index (χ1n) is 8.91. The Balaban J connectivity index is 1.59. The smallest absolute Gasteiger partial charge is 0.230 e. The fourth-order valence-electron chi connectivity index (χ4n) is 3.15. The molecule has 0 radical (unpaired) electrons. The van der Waals surface area contributed by atoms with Crippen LogP contribution in [-0.4, -0.2) is 61.0 Å². The van der Waals surface area contributed by atoms with Crippen molar-refractivity contribution in [3.63, 3.8) is 0 Å². The van der Waals surface area contributed by atoms with Gasteiger partial charge in [-0.15, -0.1) is 11.3 Å². The van der Waals surface area contributed by atoms with Gasteiger partial charge in [0.15, 0.2) is 5.13 Å². The van der Waals surface area contributed by atoms with Crippen molar-refractivity contribution in [1.29, 1.82) is 0 Å². The SMILES string of the molecule is CN(C)CCN1CCCC(C(=O)Nc2nc(-c3ccccc3Cl)cs2)C1. The highest BCUT2D eigenvalue weighted by Crippen LogP contribution is 2.30. The van der Waals surface area contributed by atoms with Crippen molar-refractivity contribution in [2.75, 3.05) is 45.6 Å². The summed E-state index contributed by atoms with van der Waals surface area (Å²) in [7, 11) is 4.15. The Morgan fingerprint density at radius 2 is 2.23 bits per heavy atom. The number of nitrogens with one attached hydrogen (secondary N) is 1. The molecule has 1 amide bonds. The Hall–Kier alpha value is -1.47. The van der Waals surface area contributed by atoms with Crippen LogP contribution in [0.4, 0.5) is 5.13 Å². The molecule has 1 aromatic carbocycles. The van der Waals surface area contributed by atoms with Gasteiger partial charge in [0.05, 0.1) is 11.6 Å². The lowest BCUT2D eigenvalue weighted by Gasteiger charge is -2.32. The maximum absolute atomic E-state index is 12.7. The van der Waals surface area contributed by atoms with Gasteiger partial charge >= 0.3 is 0 Å². The summed E-state index contributed by atoms with van der Waals surface area (Å²) in [5, 5.41) is 6.23. The van der Waals surface area contributed by atoms with Crippen molar-refractivity contribution in [3.8, 4) is 11.3 Å². The normalized spacial score (nSPS) is 18.2. The molecule has 0 bridgehead atoms. The summed E-state index contributed by atoms with van der Waals surface area (Å²) in [6.07, 6.45) is 2.00. The van der Waals surface area contributed by atoms with E-state index in [0.29, 0.717) is 10.2 Å². The molecule has 1 N–H and O–H groups in total. The van der Waals surface area contributed by atoms with Crippen molar-refractivity contribution < 1.29 is 4.79 Å². The predicted molar refractivity (Wildman–Crippen MR) is 109 cm³/mol. The van der Waals surface area contributed by atoms with E-state index in [1.807, 2.05) is 29.6 Å². The Morgan fingerprint density at radius 1 is 1.42 bits per heavy atom. The van der Waals surface area contributed by atoms with Crippen molar-refractivity contribution >= 4 is 34.0 Å². The molecule has 2 heterocycles. The largest absolute Gasteiger partial charge is 0.308 e. The number of halogens is 1. The van der Waals surface area contributed by atoms with E-state index in [0.717, 1.165) is 50.3 Å². The number of hydrogen-bond acceptors (Lipinski definition) is 5. The van der Waals surface area contributed by atoms with Gasteiger partial charge in [-0.1, -0.05) is 29.8 Å². The Bertz CT molecular complexity index is 749. The van der Waals surface area contributed by atoms with Crippen LogP contribution in [0.5, 0.6) is 0 Å². The molecule has 26 heavy (non-hydrogen) atoms. The zero-order valence-corrected chi connectivity index (χ0v) is 16.8. The number of thiazole rings is 1. The van der Waals surface area contributed by atoms with Crippen molar-refractivity contribution in [1.82, 2.24) is 14.8 Å². The van der Waals surface area contributed by atoms with Gasteiger partial charge in [0.2, 0.25) is 5.91 Å². The number of likely N-dealkylation sites (tertiary alicyclic amines) is 1. The van der Waals surface area contributed by atoms with Crippen LogP contribution >= 0.6 is 22.9 Å². The van der Waals surface area contributed by atoms with Crippen molar-refractivity contribution in [2.45, 2.75) is 12.8 Å².